The Morgan fingerprint density at radius 2 is 1.98 bits per heavy atom. The zero-order valence-electron chi connectivity index (χ0n) is 30.3. The summed E-state index contributed by atoms with van der Waals surface area (Å²) < 4.78 is 6.56. The monoisotopic (exact) mass is 826 g/mol. The van der Waals surface area contributed by atoms with Crippen LogP contribution in [0.2, 0.25) is 0 Å². The van der Waals surface area contributed by atoms with Crippen LogP contribution < -0.4 is 37.4 Å². The molecule has 300 valence electrons. The lowest BCUT2D eigenvalue weighted by Gasteiger charge is -2.49. The third-order valence-corrected chi connectivity index (χ3v) is 10.1. The number of thioether (sulfide) groups is 1. The summed E-state index contributed by atoms with van der Waals surface area (Å²) in [5.41, 5.74) is 9.23. The number of esters is 1. The normalized spacial score (nSPS) is 16.7. The van der Waals surface area contributed by atoms with Gasteiger partial charge in [0.15, 0.2) is 22.3 Å². The highest BCUT2D eigenvalue weighted by Crippen LogP contribution is 2.41. The summed E-state index contributed by atoms with van der Waals surface area (Å²) in [7, 11) is 1.16. The Labute approximate surface area is 330 Å². The molecule has 10 N–H and O–H groups in total. The van der Waals surface area contributed by atoms with E-state index in [1.165, 1.54) is 48.4 Å². The van der Waals surface area contributed by atoms with Crippen LogP contribution in [0.5, 0.6) is 5.75 Å². The molecular formula is C33H36N11O11S2+. The second-order valence-electron chi connectivity index (χ2n) is 12.6. The molecule has 1 saturated heterocycles. The van der Waals surface area contributed by atoms with E-state index in [9.17, 15) is 43.8 Å². The van der Waals surface area contributed by atoms with E-state index in [0.717, 1.165) is 30.7 Å². The molecule has 0 radical (unpaired) electrons. The van der Waals surface area contributed by atoms with Crippen molar-refractivity contribution in [3.05, 3.63) is 75.2 Å². The van der Waals surface area contributed by atoms with E-state index in [4.69, 9.17) is 21.0 Å². The topological polar surface area (TPSA) is 328 Å². The van der Waals surface area contributed by atoms with E-state index in [0.29, 0.717) is 5.57 Å². The molecule has 2 aliphatic rings. The lowest BCUT2D eigenvalue weighted by molar-refractivity contribution is -0.689. The SMILES string of the molecule is COC(=O)C1=C(/C=C/C[n+]2cnc(N)c(NC(=O)CCNC(=O)c3cc(=O)c(O)c[nH]3)c2)CSC2[C@H](NC(=O)/C(=N\OC(C)(C)C(=O)O)c3csc(N)n3)C(=O)N12. The standard InChI is InChI=1S/C33H35N11O11S2/c1-33(2,31(52)53)55-42-22(18-13-57-32(35)40-18)27(49)41-23-28(50)44-24(30(51)54-3)15(12-56-29(23)44)5-4-8-43-11-17(25(34)38-14-43)39-21(47)6-7-36-26(48)16-9-19(45)20(46)10-37-16/h4-5,9-11,13-14,23,29,34H,6-8,12H2,1-3H3,(H8,35,36,37,39,40,41,42,45,46,47,48,49,52,53)/p+1/b5-4+/t23-,29?/m1/s1. The number of nitrogen functional groups attached to an aromatic ring is 2. The summed E-state index contributed by atoms with van der Waals surface area (Å²) in [6, 6.07) is -0.179. The molecule has 1 unspecified atom stereocenters. The van der Waals surface area contributed by atoms with Crippen molar-refractivity contribution in [1.82, 2.24) is 30.5 Å². The first-order valence-electron chi connectivity index (χ1n) is 16.6. The number of thiazole rings is 1. The van der Waals surface area contributed by atoms with Gasteiger partial charge in [-0.3, -0.25) is 28.9 Å². The summed E-state index contributed by atoms with van der Waals surface area (Å²) in [5.74, 6) is -5.10. The number of methoxy groups -OCH3 is 1. The van der Waals surface area contributed by atoms with E-state index < -0.39 is 69.5 Å². The van der Waals surface area contributed by atoms with Crippen LogP contribution in [0.4, 0.5) is 16.6 Å². The van der Waals surface area contributed by atoms with Crippen molar-refractivity contribution in [3.63, 3.8) is 0 Å². The number of aromatic hydroxyl groups is 1. The van der Waals surface area contributed by atoms with Crippen molar-refractivity contribution in [2.75, 3.05) is 36.2 Å². The van der Waals surface area contributed by atoms with Gasteiger partial charge in [-0.1, -0.05) is 11.2 Å². The maximum Gasteiger partial charge on any atom is 0.355 e. The number of rotatable bonds is 15. The number of H-pyrrole nitrogens is 1. The predicted octanol–water partition coefficient (Wildman–Crippen LogP) is -1.19. The van der Waals surface area contributed by atoms with Crippen molar-refractivity contribution in [3.8, 4) is 5.75 Å². The maximum atomic E-state index is 13.5. The summed E-state index contributed by atoms with van der Waals surface area (Å²) in [6.45, 7) is 2.56. The fourth-order valence-electron chi connectivity index (χ4n) is 5.04. The number of aromatic amines is 1. The number of hydrogen-bond acceptors (Lipinski definition) is 17. The Kier molecular flexibility index (Phi) is 12.6. The minimum Gasteiger partial charge on any atom is -0.503 e. The first kappa shape index (κ1) is 41.3. The molecule has 1 fully saturated rings. The highest BCUT2D eigenvalue weighted by Gasteiger charge is 2.54. The number of nitrogens with one attached hydrogen (secondary N) is 4. The molecule has 0 spiro atoms. The third kappa shape index (κ3) is 9.53. The molecule has 2 aliphatic heterocycles. The third-order valence-electron chi connectivity index (χ3n) is 8.12. The Balaban J connectivity index is 1.22. The highest BCUT2D eigenvalue weighted by molar-refractivity contribution is 8.00. The van der Waals surface area contributed by atoms with Gasteiger partial charge in [-0.2, -0.15) is 0 Å². The molecule has 3 aromatic rings. The zero-order chi connectivity index (χ0) is 41.6. The van der Waals surface area contributed by atoms with Crippen LogP contribution in [0, 0.1) is 0 Å². The number of carboxylic acids is 1. The number of ether oxygens (including phenoxy) is 1. The van der Waals surface area contributed by atoms with Crippen LogP contribution in [-0.2, 0) is 40.1 Å². The largest absolute Gasteiger partial charge is 0.503 e. The summed E-state index contributed by atoms with van der Waals surface area (Å²) >= 11 is 2.27. The molecule has 4 amide bonds. The predicted molar refractivity (Wildman–Crippen MR) is 202 cm³/mol. The molecular weight excluding hydrogens is 791 g/mol. The molecule has 24 heteroatoms. The van der Waals surface area contributed by atoms with Gasteiger partial charge >= 0.3 is 11.9 Å². The number of amides is 4. The first-order valence-corrected chi connectivity index (χ1v) is 18.5. The van der Waals surface area contributed by atoms with E-state index >= 15 is 0 Å². The van der Waals surface area contributed by atoms with Crippen molar-refractivity contribution in [2.45, 2.75) is 43.8 Å². The number of nitrogens with two attached hydrogens (primary N) is 2. The van der Waals surface area contributed by atoms with Gasteiger partial charge in [0, 0.05) is 36.4 Å². The number of carbonyl (C=O) groups is 6. The number of aliphatic carboxylic acids is 1. The molecule has 5 heterocycles. The number of aromatic nitrogens is 4. The average Bonchev–Trinajstić information content (AvgIpc) is 3.60. The van der Waals surface area contributed by atoms with Gasteiger partial charge in [-0.25, -0.2) is 19.1 Å². The van der Waals surface area contributed by atoms with E-state index in [1.54, 1.807) is 16.7 Å². The molecule has 0 aromatic carbocycles. The Morgan fingerprint density at radius 3 is 2.65 bits per heavy atom. The number of anilines is 3. The number of carbonyl (C=O) groups excluding carboxylic acids is 5. The van der Waals surface area contributed by atoms with Gasteiger partial charge < -0.3 is 52.2 Å². The minimum atomic E-state index is -1.80. The second-order valence-corrected chi connectivity index (χ2v) is 14.6. The molecule has 2 atom stereocenters. The smallest absolute Gasteiger partial charge is 0.355 e. The van der Waals surface area contributed by atoms with Crippen LogP contribution in [0.15, 0.2) is 63.5 Å². The highest BCUT2D eigenvalue weighted by atomic mass is 32.2. The van der Waals surface area contributed by atoms with E-state index in [1.807, 2.05) is 0 Å². The Morgan fingerprint density at radius 1 is 1.23 bits per heavy atom. The van der Waals surface area contributed by atoms with Gasteiger partial charge in [-0.15, -0.1) is 23.1 Å². The van der Waals surface area contributed by atoms with Gasteiger partial charge in [0.05, 0.1) is 7.11 Å². The number of oxime groups is 1. The number of fused-ring (bicyclic) bond motifs is 1. The van der Waals surface area contributed by atoms with Crippen LogP contribution in [-0.4, -0.2) is 108 Å². The Bertz CT molecular complexity index is 2290. The van der Waals surface area contributed by atoms with Crippen LogP contribution in [0.3, 0.4) is 0 Å². The number of nitrogens with zero attached hydrogens (tertiary/aromatic N) is 5. The lowest BCUT2D eigenvalue weighted by Crippen LogP contribution is -2.71. The lowest BCUT2D eigenvalue weighted by atomic mass is 10.0. The van der Waals surface area contributed by atoms with Gasteiger partial charge in [0.25, 0.3) is 29.9 Å². The fourth-order valence-corrected chi connectivity index (χ4v) is 6.91. The van der Waals surface area contributed by atoms with Gasteiger partial charge in [-0.05, 0) is 30.5 Å². The number of carboxylic acid groups (broad SMARTS) is 1. The summed E-state index contributed by atoms with van der Waals surface area (Å²) in [5, 5.41) is 31.0. The van der Waals surface area contributed by atoms with Crippen LogP contribution in [0.25, 0.3) is 0 Å². The van der Waals surface area contributed by atoms with E-state index in [2.05, 4.69) is 36.1 Å². The first-order chi connectivity index (χ1) is 27.0. The molecule has 0 bridgehead atoms. The molecule has 3 aromatic heterocycles. The van der Waals surface area contributed by atoms with Crippen LogP contribution in [0.1, 0.15) is 36.5 Å². The van der Waals surface area contributed by atoms with Gasteiger partial charge in [0.1, 0.15) is 41.2 Å². The zero-order valence-corrected chi connectivity index (χ0v) is 31.9. The number of allylic oxidation sites excluding steroid dienone is 2. The van der Waals surface area contributed by atoms with Crippen molar-refractivity contribution >= 4 is 81.0 Å². The van der Waals surface area contributed by atoms with Gasteiger partial charge in [0.2, 0.25) is 16.9 Å². The van der Waals surface area contributed by atoms with Crippen molar-refractivity contribution < 1.29 is 53.1 Å². The van der Waals surface area contributed by atoms with Crippen LogP contribution >= 0.6 is 23.1 Å². The molecule has 57 heavy (non-hydrogen) atoms. The molecule has 0 aliphatic carbocycles. The number of pyridine rings is 1. The van der Waals surface area contributed by atoms with E-state index in [-0.39, 0.29) is 59.0 Å². The minimum absolute atomic E-state index is 0.00378. The Hall–Kier alpha value is -6.82. The average molecular weight is 827 g/mol. The van der Waals surface area contributed by atoms with Crippen molar-refractivity contribution in [1.29, 1.82) is 0 Å². The van der Waals surface area contributed by atoms with Crippen molar-refractivity contribution in [2.24, 2.45) is 5.16 Å². The number of hydrogen-bond donors (Lipinski definition) is 8. The fraction of sp³-hybridized carbons (Fsp3) is 0.303. The quantitative estimate of drug-likeness (QED) is 0.0294. The summed E-state index contributed by atoms with van der Waals surface area (Å²) in [4.78, 5) is 105. The second kappa shape index (κ2) is 17.3. The molecule has 22 nitrogen and oxygen atoms in total. The maximum absolute atomic E-state index is 13.5. The number of β-lactam (4-membered cyclic amide) rings is 1. The summed E-state index contributed by atoms with van der Waals surface area (Å²) in [6.07, 6.45) is 7.05. The molecule has 5 rings (SSSR count). The molecule has 0 saturated carbocycles.